The lowest BCUT2D eigenvalue weighted by Gasteiger charge is -2.39. The minimum Gasteiger partial charge on any atom is -0.385 e. The van der Waals surface area contributed by atoms with Gasteiger partial charge in [-0.25, -0.2) is 0 Å². The van der Waals surface area contributed by atoms with Crippen LogP contribution in [-0.4, -0.2) is 29.2 Å². The van der Waals surface area contributed by atoms with Gasteiger partial charge in [0.05, 0.1) is 6.10 Å². The maximum Gasteiger partial charge on any atom is 0.0957 e. The molecular formula is C16H27NO. The SMILES string of the molecule is C=CC=CC(O)C1=CN(CC(C)C)CCC1(C)C. The Labute approximate surface area is 112 Å². The van der Waals surface area contributed by atoms with Crippen LogP contribution in [0.25, 0.3) is 0 Å². The van der Waals surface area contributed by atoms with Gasteiger partial charge in [-0.1, -0.05) is 52.5 Å². The molecule has 1 N–H and O–H groups in total. The molecule has 102 valence electrons. The lowest BCUT2D eigenvalue weighted by atomic mass is 9.76. The van der Waals surface area contributed by atoms with E-state index >= 15 is 0 Å². The van der Waals surface area contributed by atoms with Crippen molar-refractivity contribution in [3.63, 3.8) is 0 Å². The van der Waals surface area contributed by atoms with Crippen LogP contribution in [0.2, 0.25) is 0 Å². The average Bonchev–Trinajstić information content (AvgIpc) is 2.27. The van der Waals surface area contributed by atoms with Crippen LogP contribution >= 0.6 is 0 Å². The highest BCUT2D eigenvalue weighted by Gasteiger charge is 2.31. The summed E-state index contributed by atoms with van der Waals surface area (Å²) in [4.78, 5) is 2.33. The van der Waals surface area contributed by atoms with Gasteiger partial charge >= 0.3 is 0 Å². The van der Waals surface area contributed by atoms with Crippen molar-refractivity contribution in [3.05, 3.63) is 36.6 Å². The van der Waals surface area contributed by atoms with Crippen molar-refractivity contribution < 1.29 is 5.11 Å². The second-order valence-electron chi connectivity index (χ2n) is 6.17. The maximum absolute atomic E-state index is 10.3. The zero-order valence-corrected chi connectivity index (χ0v) is 12.2. The van der Waals surface area contributed by atoms with Crippen molar-refractivity contribution in [2.45, 2.75) is 40.2 Å². The molecule has 0 aromatic heterocycles. The van der Waals surface area contributed by atoms with Crippen molar-refractivity contribution in [2.75, 3.05) is 13.1 Å². The number of aliphatic hydroxyl groups is 1. The van der Waals surface area contributed by atoms with Gasteiger partial charge in [-0.05, 0) is 23.3 Å². The van der Waals surface area contributed by atoms with E-state index in [2.05, 4.69) is 45.4 Å². The number of hydrogen-bond acceptors (Lipinski definition) is 2. The summed E-state index contributed by atoms with van der Waals surface area (Å²) >= 11 is 0. The topological polar surface area (TPSA) is 23.5 Å². The van der Waals surface area contributed by atoms with Crippen molar-refractivity contribution in [2.24, 2.45) is 11.3 Å². The molecule has 18 heavy (non-hydrogen) atoms. The summed E-state index contributed by atoms with van der Waals surface area (Å²) in [6.07, 6.45) is 8.05. The molecular weight excluding hydrogens is 222 g/mol. The van der Waals surface area contributed by atoms with Gasteiger partial charge in [-0.2, -0.15) is 0 Å². The van der Waals surface area contributed by atoms with Crippen LogP contribution in [0.3, 0.4) is 0 Å². The fraction of sp³-hybridized carbons (Fsp3) is 0.625. The van der Waals surface area contributed by atoms with Crippen LogP contribution < -0.4 is 0 Å². The Bertz CT molecular complexity index is 339. The predicted octanol–water partition coefficient (Wildman–Crippen LogP) is 3.36. The second kappa shape index (κ2) is 6.24. The molecule has 0 spiro atoms. The molecule has 0 saturated carbocycles. The summed E-state index contributed by atoms with van der Waals surface area (Å²) in [5, 5.41) is 10.3. The number of nitrogens with zero attached hydrogens (tertiary/aromatic N) is 1. The van der Waals surface area contributed by atoms with Gasteiger partial charge in [-0.3, -0.25) is 0 Å². The van der Waals surface area contributed by atoms with E-state index in [-0.39, 0.29) is 5.41 Å². The van der Waals surface area contributed by atoms with Crippen LogP contribution in [0.1, 0.15) is 34.1 Å². The smallest absolute Gasteiger partial charge is 0.0957 e. The average molecular weight is 249 g/mol. The third-order valence-electron chi connectivity index (χ3n) is 3.47. The summed E-state index contributed by atoms with van der Waals surface area (Å²) in [6, 6.07) is 0. The Balaban J connectivity index is 2.89. The van der Waals surface area contributed by atoms with E-state index in [0.717, 1.165) is 25.1 Å². The first kappa shape index (κ1) is 15.0. The summed E-state index contributed by atoms with van der Waals surface area (Å²) < 4.78 is 0. The molecule has 0 saturated heterocycles. The molecule has 0 amide bonds. The summed E-state index contributed by atoms with van der Waals surface area (Å²) in [7, 11) is 0. The lowest BCUT2D eigenvalue weighted by molar-refractivity contribution is 0.177. The first-order chi connectivity index (χ1) is 8.36. The summed E-state index contributed by atoms with van der Waals surface area (Å²) in [5.41, 5.74) is 1.17. The van der Waals surface area contributed by atoms with Gasteiger partial charge in [-0.15, -0.1) is 0 Å². The van der Waals surface area contributed by atoms with Gasteiger partial charge in [0.25, 0.3) is 0 Å². The van der Waals surface area contributed by atoms with E-state index in [0.29, 0.717) is 5.92 Å². The minimum absolute atomic E-state index is 0.0679. The third-order valence-corrected chi connectivity index (χ3v) is 3.47. The van der Waals surface area contributed by atoms with E-state index in [1.807, 2.05) is 6.08 Å². The molecule has 0 fully saturated rings. The molecule has 1 aliphatic rings. The fourth-order valence-corrected chi connectivity index (χ4v) is 2.38. The highest BCUT2D eigenvalue weighted by atomic mass is 16.3. The standard InChI is InChI=1S/C16H27NO/c1-6-7-8-15(18)14-12-17(11-13(2)3)10-9-16(14,4)5/h6-8,12-13,15,18H,1,9-11H2,2-5H3. The normalized spacial score (nSPS) is 21.2. The first-order valence-corrected chi connectivity index (χ1v) is 6.80. The molecule has 0 aromatic carbocycles. The van der Waals surface area contributed by atoms with E-state index in [4.69, 9.17) is 0 Å². The van der Waals surface area contributed by atoms with E-state index < -0.39 is 6.10 Å². The molecule has 0 radical (unpaired) electrons. The predicted molar refractivity (Wildman–Crippen MR) is 78.2 cm³/mol. The van der Waals surface area contributed by atoms with Crippen LogP contribution in [0.4, 0.5) is 0 Å². The molecule has 1 aliphatic heterocycles. The molecule has 2 nitrogen and oxygen atoms in total. The lowest BCUT2D eigenvalue weighted by Crippen LogP contribution is -2.37. The summed E-state index contributed by atoms with van der Waals surface area (Å²) in [5.74, 6) is 0.643. The monoisotopic (exact) mass is 249 g/mol. The Morgan fingerprint density at radius 2 is 2.17 bits per heavy atom. The molecule has 1 heterocycles. The first-order valence-electron chi connectivity index (χ1n) is 6.80. The largest absolute Gasteiger partial charge is 0.385 e. The van der Waals surface area contributed by atoms with Gasteiger partial charge in [0, 0.05) is 19.3 Å². The van der Waals surface area contributed by atoms with Crippen LogP contribution in [0, 0.1) is 11.3 Å². The number of allylic oxidation sites excluding steroid dienone is 2. The highest BCUT2D eigenvalue weighted by molar-refractivity contribution is 5.24. The quantitative estimate of drug-likeness (QED) is 0.755. The van der Waals surface area contributed by atoms with E-state index in [1.54, 1.807) is 12.2 Å². The van der Waals surface area contributed by atoms with Gasteiger partial charge < -0.3 is 10.0 Å². The Hall–Kier alpha value is -1.02. The second-order valence-corrected chi connectivity index (χ2v) is 6.17. The third kappa shape index (κ3) is 4.02. The maximum atomic E-state index is 10.3. The Morgan fingerprint density at radius 3 is 2.72 bits per heavy atom. The summed E-state index contributed by atoms with van der Waals surface area (Å²) in [6.45, 7) is 14.6. The van der Waals surface area contributed by atoms with Crippen LogP contribution in [-0.2, 0) is 0 Å². The fourth-order valence-electron chi connectivity index (χ4n) is 2.38. The van der Waals surface area contributed by atoms with Gasteiger partial charge in [0.2, 0.25) is 0 Å². The number of aliphatic hydroxyl groups excluding tert-OH is 1. The van der Waals surface area contributed by atoms with Crippen LogP contribution in [0.15, 0.2) is 36.6 Å². The molecule has 1 atom stereocenters. The molecule has 2 heteroatoms. The molecule has 1 rings (SSSR count). The molecule has 1 unspecified atom stereocenters. The highest BCUT2D eigenvalue weighted by Crippen LogP contribution is 2.37. The zero-order chi connectivity index (χ0) is 13.8. The number of rotatable bonds is 5. The molecule has 0 aliphatic carbocycles. The van der Waals surface area contributed by atoms with Crippen molar-refractivity contribution in [3.8, 4) is 0 Å². The Morgan fingerprint density at radius 1 is 1.50 bits per heavy atom. The van der Waals surface area contributed by atoms with Gasteiger partial charge in [0.15, 0.2) is 0 Å². The van der Waals surface area contributed by atoms with E-state index in [1.165, 1.54) is 0 Å². The molecule has 0 bridgehead atoms. The van der Waals surface area contributed by atoms with Crippen molar-refractivity contribution >= 4 is 0 Å². The van der Waals surface area contributed by atoms with E-state index in [9.17, 15) is 5.11 Å². The van der Waals surface area contributed by atoms with Crippen LogP contribution in [0.5, 0.6) is 0 Å². The minimum atomic E-state index is -0.507. The van der Waals surface area contributed by atoms with Crippen molar-refractivity contribution in [1.29, 1.82) is 0 Å². The molecule has 0 aromatic rings. The van der Waals surface area contributed by atoms with Gasteiger partial charge in [0.1, 0.15) is 0 Å². The van der Waals surface area contributed by atoms with Crippen molar-refractivity contribution in [1.82, 2.24) is 4.90 Å². The number of hydrogen-bond donors (Lipinski definition) is 1. The Kier molecular flexibility index (Phi) is 5.21. The zero-order valence-electron chi connectivity index (χ0n) is 12.2.